The lowest BCUT2D eigenvalue weighted by molar-refractivity contribution is -0.113. The van der Waals surface area contributed by atoms with Crippen molar-refractivity contribution in [3.63, 3.8) is 0 Å². The van der Waals surface area contributed by atoms with Crippen LogP contribution in [-0.2, 0) is 27.5 Å². The minimum absolute atomic E-state index is 0.00386. The molecule has 1 unspecified atom stereocenters. The van der Waals surface area contributed by atoms with Crippen LogP contribution in [0.15, 0.2) is 64.2 Å². The predicted octanol–water partition coefficient (Wildman–Crippen LogP) is 2.29. The molecule has 1 atom stereocenters. The van der Waals surface area contributed by atoms with Crippen LogP contribution in [0.25, 0.3) is 0 Å². The molecule has 2 aromatic carbocycles. The molecule has 0 radical (unpaired) electrons. The number of sulfone groups is 1. The van der Waals surface area contributed by atoms with Crippen LogP contribution in [-0.4, -0.2) is 30.3 Å². The molecule has 0 saturated heterocycles. The molecule has 0 aliphatic rings. The Bertz CT molecular complexity index is 1080. The van der Waals surface area contributed by atoms with E-state index in [1.807, 2.05) is 49.4 Å². The smallest absolute Gasteiger partial charge is 0.336 e. The van der Waals surface area contributed by atoms with Gasteiger partial charge in [0.25, 0.3) is 0 Å². The summed E-state index contributed by atoms with van der Waals surface area (Å²) in [5.41, 5.74) is 8.49. The minimum Gasteiger partial charge on any atom is -0.411 e. The summed E-state index contributed by atoms with van der Waals surface area (Å²) in [6.07, 6.45) is 1.12. The van der Waals surface area contributed by atoms with E-state index >= 15 is 0 Å². The lowest BCUT2D eigenvalue weighted by Gasteiger charge is -2.09. The zero-order valence-corrected chi connectivity index (χ0v) is 16.7. The molecule has 3 rings (SSSR count). The Labute approximate surface area is 169 Å². The highest BCUT2D eigenvalue weighted by Crippen LogP contribution is 2.19. The van der Waals surface area contributed by atoms with E-state index in [0.717, 1.165) is 11.1 Å². The van der Waals surface area contributed by atoms with Gasteiger partial charge in [-0.25, -0.2) is 8.42 Å². The fourth-order valence-electron chi connectivity index (χ4n) is 2.82. The molecule has 0 bridgehead atoms. The Morgan fingerprint density at radius 2 is 1.79 bits per heavy atom. The number of aryl methyl sites for hydroxylation is 1. The number of nitrogens with one attached hydrogen (secondary N) is 1. The van der Waals surface area contributed by atoms with Crippen LogP contribution in [0.4, 0.5) is 5.69 Å². The van der Waals surface area contributed by atoms with Crippen LogP contribution in [0.2, 0.25) is 0 Å². The molecule has 1 amide bonds. The summed E-state index contributed by atoms with van der Waals surface area (Å²) in [5, 5.41) is 9.33. The maximum atomic E-state index is 12.5. The van der Waals surface area contributed by atoms with E-state index in [0.29, 0.717) is 18.5 Å². The van der Waals surface area contributed by atoms with E-state index in [9.17, 15) is 13.2 Å². The van der Waals surface area contributed by atoms with Gasteiger partial charge in [0, 0.05) is 5.69 Å². The van der Waals surface area contributed by atoms with Crippen molar-refractivity contribution in [3.8, 4) is 0 Å². The minimum atomic E-state index is -4.09. The standard InChI is InChI=1S/C20H22N4O4S/c1-2-15-10-6-7-11-17(15)22-18(25)13-29(26,27)20-24-23-19(28-20)16(21)12-14-8-4-3-5-9-14/h3-11,16H,2,12-13,21H2,1H3,(H,22,25). The van der Waals surface area contributed by atoms with E-state index in [1.165, 1.54) is 0 Å². The van der Waals surface area contributed by atoms with Gasteiger partial charge in [0.2, 0.25) is 21.6 Å². The van der Waals surface area contributed by atoms with Gasteiger partial charge < -0.3 is 15.5 Å². The zero-order valence-electron chi connectivity index (χ0n) is 15.9. The number of amides is 1. The molecule has 0 aliphatic heterocycles. The summed E-state index contributed by atoms with van der Waals surface area (Å²) in [5.74, 6) is -1.48. The average Bonchev–Trinajstić information content (AvgIpc) is 3.20. The van der Waals surface area contributed by atoms with Gasteiger partial charge in [-0.2, -0.15) is 0 Å². The predicted molar refractivity (Wildman–Crippen MR) is 108 cm³/mol. The number of carbonyl (C=O) groups excluding carboxylic acids is 1. The Morgan fingerprint density at radius 3 is 2.52 bits per heavy atom. The zero-order chi connectivity index (χ0) is 20.9. The van der Waals surface area contributed by atoms with Crippen LogP contribution in [0.5, 0.6) is 0 Å². The number of hydrogen-bond donors (Lipinski definition) is 2. The number of rotatable bonds is 8. The molecular weight excluding hydrogens is 392 g/mol. The van der Waals surface area contributed by atoms with Crippen LogP contribution in [0.3, 0.4) is 0 Å². The van der Waals surface area contributed by atoms with Crippen molar-refractivity contribution in [1.29, 1.82) is 0 Å². The third-order valence-corrected chi connectivity index (χ3v) is 5.64. The number of para-hydroxylation sites is 1. The number of aromatic nitrogens is 2. The van der Waals surface area contributed by atoms with E-state index in [1.54, 1.807) is 12.1 Å². The first-order valence-corrected chi connectivity index (χ1v) is 10.8. The maximum absolute atomic E-state index is 12.5. The van der Waals surface area contributed by atoms with E-state index < -0.39 is 32.8 Å². The Morgan fingerprint density at radius 1 is 1.10 bits per heavy atom. The first kappa shape index (κ1) is 20.7. The van der Waals surface area contributed by atoms with Gasteiger partial charge in [0.05, 0.1) is 6.04 Å². The molecule has 3 N–H and O–H groups in total. The second-order valence-corrected chi connectivity index (χ2v) is 8.39. The monoisotopic (exact) mass is 414 g/mol. The highest BCUT2D eigenvalue weighted by Gasteiger charge is 2.27. The molecule has 29 heavy (non-hydrogen) atoms. The van der Waals surface area contributed by atoms with Gasteiger partial charge in [0.1, 0.15) is 5.75 Å². The highest BCUT2D eigenvalue weighted by molar-refractivity contribution is 7.91. The molecule has 1 heterocycles. The summed E-state index contributed by atoms with van der Waals surface area (Å²) in [4.78, 5) is 12.2. The highest BCUT2D eigenvalue weighted by atomic mass is 32.2. The molecule has 9 heteroatoms. The van der Waals surface area contributed by atoms with Crippen molar-refractivity contribution in [3.05, 3.63) is 71.6 Å². The van der Waals surface area contributed by atoms with Gasteiger partial charge in [-0.05, 0) is 30.0 Å². The van der Waals surface area contributed by atoms with Crippen molar-refractivity contribution >= 4 is 21.4 Å². The molecule has 8 nitrogen and oxygen atoms in total. The Hall–Kier alpha value is -3.04. The largest absolute Gasteiger partial charge is 0.411 e. The quantitative estimate of drug-likeness (QED) is 0.579. The van der Waals surface area contributed by atoms with Crippen molar-refractivity contribution < 1.29 is 17.6 Å². The third kappa shape index (κ3) is 5.27. The molecule has 0 saturated carbocycles. The molecule has 0 aliphatic carbocycles. The van der Waals surface area contributed by atoms with Crippen molar-refractivity contribution in [2.75, 3.05) is 11.1 Å². The second-order valence-electron chi connectivity index (χ2n) is 6.52. The molecular formula is C20H22N4O4S. The lowest BCUT2D eigenvalue weighted by atomic mass is 10.1. The Kier molecular flexibility index (Phi) is 6.40. The normalized spacial score (nSPS) is 12.5. The number of benzene rings is 2. The topological polar surface area (TPSA) is 128 Å². The number of nitrogens with two attached hydrogens (primary N) is 1. The van der Waals surface area contributed by atoms with Crippen LogP contribution < -0.4 is 11.1 Å². The van der Waals surface area contributed by atoms with Crippen molar-refractivity contribution in [1.82, 2.24) is 10.2 Å². The van der Waals surface area contributed by atoms with Gasteiger partial charge in [-0.15, -0.1) is 5.10 Å². The number of carbonyl (C=O) groups is 1. The number of hydrogen-bond acceptors (Lipinski definition) is 7. The van der Waals surface area contributed by atoms with E-state index in [2.05, 4.69) is 15.5 Å². The molecule has 3 aromatic rings. The molecule has 1 aromatic heterocycles. The lowest BCUT2D eigenvalue weighted by Crippen LogP contribution is -2.23. The van der Waals surface area contributed by atoms with Crippen LogP contribution in [0, 0.1) is 0 Å². The van der Waals surface area contributed by atoms with Crippen molar-refractivity contribution in [2.24, 2.45) is 5.73 Å². The summed E-state index contributed by atoms with van der Waals surface area (Å²) in [7, 11) is -4.09. The second kappa shape index (κ2) is 8.97. The number of anilines is 1. The SMILES string of the molecule is CCc1ccccc1NC(=O)CS(=O)(=O)c1nnc(C(N)Cc2ccccc2)o1. The third-order valence-electron chi connectivity index (χ3n) is 4.30. The molecule has 0 spiro atoms. The van der Waals surface area contributed by atoms with Crippen LogP contribution in [0.1, 0.15) is 30.0 Å². The van der Waals surface area contributed by atoms with E-state index in [-0.39, 0.29) is 5.89 Å². The van der Waals surface area contributed by atoms with Gasteiger partial charge >= 0.3 is 5.22 Å². The van der Waals surface area contributed by atoms with Gasteiger partial charge in [-0.1, -0.05) is 60.6 Å². The maximum Gasteiger partial charge on any atom is 0.336 e. The number of nitrogens with zero attached hydrogens (tertiary/aromatic N) is 2. The Balaban J connectivity index is 1.67. The first-order valence-electron chi connectivity index (χ1n) is 9.12. The first-order chi connectivity index (χ1) is 13.9. The van der Waals surface area contributed by atoms with Crippen molar-refractivity contribution in [2.45, 2.75) is 31.0 Å². The van der Waals surface area contributed by atoms with Crippen LogP contribution >= 0.6 is 0 Å². The summed E-state index contributed by atoms with van der Waals surface area (Å²) >= 11 is 0. The summed E-state index contributed by atoms with van der Waals surface area (Å²) < 4.78 is 30.2. The van der Waals surface area contributed by atoms with Gasteiger partial charge in [-0.3, -0.25) is 4.79 Å². The van der Waals surface area contributed by atoms with E-state index in [4.69, 9.17) is 10.2 Å². The fourth-order valence-corrected chi connectivity index (χ4v) is 3.74. The van der Waals surface area contributed by atoms with Gasteiger partial charge in [0.15, 0.2) is 0 Å². The summed E-state index contributed by atoms with van der Waals surface area (Å²) in [6.45, 7) is 1.94. The average molecular weight is 414 g/mol. The fraction of sp³-hybridized carbons (Fsp3) is 0.250. The molecule has 152 valence electrons. The summed E-state index contributed by atoms with van der Waals surface area (Å²) in [6, 6.07) is 16.0. The molecule has 0 fully saturated rings.